The summed E-state index contributed by atoms with van der Waals surface area (Å²) in [5, 5.41) is 22.1. The molecule has 12 heteroatoms. The van der Waals surface area contributed by atoms with Crippen molar-refractivity contribution in [3.05, 3.63) is 27.2 Å². The summed E-state index contributed by atoms with van der Waals surface area (Å²) in [6, 6.07) is 0. The second-order valence-corrected chi connectivity index (χ2v) is 4.62. The maximum atomic E-state index is 14.2. The molecule has 0 amide bonds. The van der Waals surface area contributed by atoms with Gasteiger partial charge in [-0.05, 0) is 17.7 Å². The average Bonchev–Trinajstić information content (AvgIpc) is 2.69. The molecule has 0 saturated carbocycles. The number of hydrogen-bond donors (Lipinski definition) is 3. The summed E-state index contributed by atoms with van der Waals surface area (Å²) < 4.78 is 33.2. The molecule has 0 bridgehead atoms. The van der Waals surface area contributed by atoms with Gasteiger partial charge in [0.15, 0.2) is 24.0 Å². The summed E-state index contributed by atoms with van der Waals surface area (Å²) in [7, 11) is 0. The minimum atomic E-state index is -2.23. The van der Waals surface area contributed by atoms with Crippen LogP contribution in [0.5, 0.6) is 0 Å². The van der Waals surface area contributed by atoms with Gasteiger partial charge < -0.3 is 20.7 Å². The predicted octanol–water partition coefficient (Wildman–Crippen LogP) is 0.561. The zero-order chi connectivity index (χ0) is 15.8. The van der Waals surface area contributed by atoms with E-state index >= 15 is 0 Å². The first-order chi connectivity index (χ1) is 9.86. The van der Waals surface area contributed by atoms with Crippen molar-refractivity contribution in [2.75, 3.05) is 12.3 Å². The fourth-order valence-corrected chi connectivity index (χ4v) is 2.17. The third kappa shape index (κ3) is 2.43. The Hall–Kier alpha value is -1.85. The van der Waals surface area contributed by atoms with Crippen molar-refractivity contribution in [2.45, 2.75) is 24.2 Å². The van der Waals surface area contributed by atoms with Crippen LogP contribution in [0.15, 0.2) is 11.3 Å². The van der Waals surface area contributed by atoms with Crippen molar-refractivity contribution in [1.82, 2.24) is 9.55 Å². The number of ether oxygens (including phenoxy) is 1. The monoisotopic (exact) mass is 320 g/mol. The summed E-state index contributed by atoms with van der Waals surface area (Å²) in [5.41, 5.74) is 11.4. The lowest BCUT2D eigenvalue weighted by Gasteiger charge is -2.23. The molecule has 1 unspecified atom stereocenters. The largest absolute Gasteiger partial charge is 0.393 e. The Balaban J connectivity index is 2.50. The van der Waals surface area contributed by atoms with Crippen LogP contribution in [-0.4, -0.2) is 44.4 Å². The van der Waals surface area contributed by atoms with Gasteiger partial charge in [0.25, 0.3) is 0 Å². The Bertz CT molecular complexity index is 665. The van der Waals surface area contributed by atoms with Gasteiger partial charge in [-0.1, -0.05) is 5.11 Å². The number of aromatic nitrogens is 2. The van der Waals surface area contributed by atoms with E-state index in [1.54, 1.807) is 0 Å². The molecule has 0 aromatic carbocycles. The quantitative estimate of drug-likeness (QED) is 0.321. The van der Waals surface area contributed by atoms with Crippen molar-refractivity contribution in [3.63, 3.8) is 0 Å². The number of hydrogen-bond acceptors (Lipinski definition) is 7. The van der Waals surface area contributed by atoms with Gasteiger partial charge in [0.1, 0.15) is 6.10 Å². The van der Waals surface area contributed by atoms with Gasteiger partial charge in [-0.15, -0.1) is 0 Å². The number of rotatable bonds is 3. The molecule has 114 valence electrons. The van der Waals surface area contributed by atoms with Crippen LogP contribution in [-0.2, 0) is 4.74 Å². The molecule has 0 radical (unpaired) electrons. The second-order valence-electron chi connectivity index (χ2n) is 4.25. The maximum absolute atomic E-state index is 14.2. The molecule has 0 aliphatic carbocycles. The summed E-state index contributed by atoms with van der Waals surface area (Å²) in [6.45, 7) is -0.979. The number of nitrogen functional groups attached to an aromatic ring is 1. The molecule has 1 aromatic heterocycles. The highest BCUT2D eigenvalue weighted by Gasteiger charge is 2.55. The number of aliphatic hydroxyl groups excluding tert-OH is 2. The van der Waals surface area contributed by atoms with Crippen molar-refractivity contribution in [2.24, 2.45) is 5.11 Å². The molecule has 1 fully saturated rings. The number of nitrogens with zero attached hydrogens (tertiary/aromatic N) is 5. The van der Waals surface area contributed by atoms with Crippen molar-refractivity contribution < 1.29 is 23.7 Å². The van der Waals surface area contributed by atoms with Crippen LogP contribution in [0.25, 0.3) is 10.4 Å². The Morgan fingerprint density at radius 1 is 1.71 bits per heavy atom. The normalized spacial score (nSPS) is 31.9. The molecular formula is C9H10F2N6O3S. The Morgan fingerprint density at radius 3 is 2.95 bits per heavy atom. The summed E-state index contributed by atoms with van der Waals surface area (Å²) in [6.07, 6.45) is -4.99. The molecule has 1 aliphatic rings. The van der Waals surface area contributed by atoms with Crippen LogP contribution in [0, 0.1) is 10.6 Å². The number of nitrogens with two attached hydrogens (primary N) is 1. The number of anilines is 1. The van der Waals surface area contributed by atoms with Crippen LogP contribution >= 0.6 is 12.2 Å². The molecule has 1 aliphatic heterocycles. The third-order valence-corrected chi connectivity index (χ3v) is 3.31. The zero-order valence-corrected chi connectivity index (χ0v) is 11.1. The first-order valence-electron chi connectivity index (χ1n) is 5.57. The maximum Gasteiger partial charge on any atom is 0.203 e. The van der Waals surface area contributed by atoms with E-state index in [0.717, 1.165) is 10.8 Å². The zero-order valence-electron chi connectivity index (χ0n) is 10.3. The number of alkyl halides is 1. The lowest BCUT2D eigenvalue weighted by Crippen LogP contribution is -2.43. The number of aliphatic hydroxyl groups is 2. The van der Waals surface area contributed by atoms with Crippen LogP contribution in [0.2, 0.25) is 0 Å². The molecule has 2 heterocycles. The highest BCUT2D eigenvalue weighted by Crippen LogP contribution is 2.40. The smallest absolute Gasteiger partial charge is 0.203 e. The van der Waals surface area contributed by atoms with E-state index < -0.39 is 42.5 Å². The van der Waals surface area contributed by atoms with Gasteiger partial charge in [0.2, 0.25) is 10.5 Å². The van der Waals surface area contributed by atoms with Gasteiger partial charge in [0.05, 0.1) is 6.61 Å². The second kappa shape index (κ2) is 5.50. The first-order valence-corrected chi connectivity index (χ1v) is 5.98. The summed E-state index contributed by atoms with van der Waals surface area (Å²) in [4.78, 5) is 5.88. The number of halogens is 2. The van der Waals surface area contributed by atoms with Gasteiger partial charge in [0, 0.05) is 11.1 Å². The summed E-state index contributed by atoms with van der Waals surface area (Å²) in [5.74, 6) is -1.45. The molecule has 4 atom stereocenters. The van der Waals surface area contributed by atoms with Crippen LogP contribution in [0.4, 0.5) is 14.6 Å². The minimum Gasteiger partial charge on any atom is -0.393 e. The molecule has 9 nitrogen and oxygen atoms in total. The lowest BCUT2D eigenvalue weighted by atomic mass is 10.1. The standard InChI is InChI=1S/C9H10F2N6O3S/c10-3-1-17(8(21)14-6(3)12)7-4(11)5(19)9(2-18,20-7)15-16-13/h1,4-5,7,18-19H,2H2,(H2,12,14,21)/t4-,5?,7+,9+/m0/s1. The van der Waals surface area contributed by atoms with E-state index in [2.05, 4.69) is 15.0 Å². The number of azide groups is 1. The molecule has 1 aromatic rings. The Kier molecular flexibility index (Phi) is 4.07. The topological polar surface area (TPSA) is 142 Å². The third-order valence-electron chi connectivity index (χ3n) is 3.01. The molecule has 1 saturated heterocycles. The fraction of sp³-hybridized carbons (Fsp3) is 0.556. The van der Waals surface area contributed by atoms with Gasteiger partial charge in [-0.25, -0.2) is 8.78 Å². The van der Waals surface area contributed by atoms with Crippen LogP contribution < -0.4 is 5.73 Å². The molecule has 0 spiro atoms. The van der Waals surface area contributed by atoms with Crippen molar-refractivity contribution in [3.8, 4) is 0 Å². The predicted molar refractivity (Wildman–Crippen MR) is 67.4 cm³/mol. The summed E-state index contributed by atoms with van der Waals surface area (Å²) >= 11 is 4.81. The molecule has 21 heavy (non-hydrogen) atoms. The molecule has 4 N–H and O–H groups in total. The first kappa shape index (κ1) is 15.5. The average molecular weight is 320 g/mol. The highest BCUT2D eigenvalue weighted by atomic mass is 32.1. The van der Waals surface area contributed by atoms with E-state index in [4.69, 9.17) is 28.2 Å². The molecule has 2 rings (SSSR count). The lowest BCUT2D eigenvalue weighted by molar-refractivity contribution is -0.124. The van der Waals surface area contributed by atoms with E-state index in [9.17, 15) is 19.0 Å². The Labute approximate surface area is 121 Å². The van der Waals surface area contributed by atoms with Crippen LogP contribution in [0.3, 0.4) is 0 Å². The van der Waals surface area contributed by atoms with Gasteiger partial charge >= 0.3 is 0 Å². The van der Waals surface area contributed by atoms with E-state index in [-0.39, 0.29) is 4.77 Å². The van der Waals surface area contributed by atoms with E-state index in [1.807, 2.05) is 0 Å². The van der Waals surface area contributed by atoms with Crippen molar-refractivity contribution >= 4 is 18.0 Å². The van der Waals surface area contributed by atoms with Crippen molar-refractivity contribution in [1.29, 1.82) is 0 Å². The van der Waals surface area contributed by atoms with Gasteiger partial charge in [-0.2, -0.15) is 4.98 Å². The van der Waals surface area contributed by atoms with E-state index in [1.165, 1.54) is 0 Å². The minimum absolute atomic E-state index is 0.302. The Morgan fingerprint density at radius 2 is 2.38 bits per heavy atom. The van der Waals surface area contributed by atoms with Gasteiger partial charge in [-0.3, -0.25) is 4.57 Å². The van der Waals surface area contributed by atoms with E-state index in [0.29, 0.717) is 0 Å². The van der Waals surface area contributed by atoms with Crippen LogP contribution in [0.1, 0.15) is 6.23 Å². The fourth-order valence-electron chi connectivity index (χ4n) is 1.92. The SMILES string of the molecule is [N-]=[N+]=N[C@]1(CO)O[C@@H](n2cc(F)c(N)nc2=S)[C@@H](F)C1O. The highest BCUT2D eigenvalue weighted by molar-refractivity contribution is 7.71. The molecular weight excluding hydrogens is 310 g/mol.